The van der Waals surface area contributed by atoms with Gasteiger partial charge in [-0.3, -0.25) is 14.4 Å². The summed E-state index contributed by atoms with van der Waals surface area (Å²) in [4.78, 5) is 38.0. The number of carbonyl (C=O) groups is 3. The van der Waals surface area contributed by atoms with Crippen molar-refractivity contribution in [3.8, 4) is 0 Å². The van der Waals surface area contributed by atoms with Crippen molar-refractivity contribution in [1.29, 1.82) is 0 Å². The van der Waals surface area contributed by atoms with E-state index in [1.54, 1.807) is 0 Å². The molecule has 1 unspecified atom stereocenters. The minimum atomic E-state index is -0.762. The molecule has 0 heterocycles. The summed E-state index contributed by atoms with van der Waals surface area (Å²) >= 11 is 0. The molecule has 2 atom stereocenters. The summed E-state index contributed by atoms with van der Waals surface area (Å²) in [6, 6.07) is 0. The van der Waals surface area contributed by atoms with E-state index in [2.05, 4.69) is 34.6 Å². The second-order valence-corrected chi connectivity index (χ2v) is 20.6. The van der Waals surface area contributed by atoms with Crippen LogP contribution in [0.15, 0.2) is 0 Å². The average Bonchev–Trinajstić information content (AvgIpc) is 3.28. The second kappa shape index (κ2) is 50.8. The van der Waals surface area contributed by atoms with Crippen molar-refractivity contribution in [2.45, 2.75) is 330 Å². The smallest absolute Gasteiger partial charge is 0.306 e. The zero-order valence-corrected chi connectivity index (χ0v) is 43.9. The minimum Gasteiger partial charge on any atom is -0.462 e. The van der Waals surface area contributed by atoms with Gasteiger partial charge in [-0.25, -0.2) is 0 Å². The van der Waals surface area contributed by atoms with Crippen LogP contribution < -0.4 is 0 Å². The van der Waals surface area contributed by atoms with E-state index in [0.29, 0.717) is 19.3 Å². The summed E-state index contributed by atoms with van der Waals surface area (Å²) in [7, 11) is 0. The number of carbonyl (C=O) groups excluding carboxylic acids is 3. The zero-order valence-electron chi connectivity index (χ0n) is 43.9. The van der Waals surface area contributed by atoms with Gasteiger partial charge in [0.1, 0.15) is 13.2 Å². The second-order valence-electron chi connectivity index (χ2n) is 20.6. The number of unbranched alkanes of at least 4 members (excludes halogenated alkanes) is 36. The van der Waals surface area contributed by atoms with Crippen molar-refractivity contribution in [2.75, 3.05) is 13.2 Å². The predicted octanol–water partition coefficient (Wildman–Crippen LogP) is 18.9. The fourth-order valence-electron chi connectivity index (χ4n) is 8.84. The van der Waals surface area contributed by atoms with E-state index >= 15 is 0 Å². The fourth-order valence-corrected chi connectivity index (χ4v) is 8.84. The van der Waals surface area contributed by atoms with Crippen LogP contribution in [0.4, 0.5) is 0 Å². The lowest BCUT2D eigenvalue weighted by Gasteiger charge is -2.18. The molecular formula is C58H112O6. The molecule has 380 valence electrons. The van der Waals surface area contributed by atoms with Gasteiger partial charge in [0.25, 0.3) is 0 Å². The Bertz CT molecular complexity index is 980. The van der Waals surface area contributed by atoms with Crippen LogP contribution in [0.3, 0.4) is 0 Å². The first kappa shape index (κ1) is 62.4. The van der Waals surface area contributed by atoms with Crippen LogP contribution in [-0.2, 0) is 28.6 Å². The molecule has 0 amide bonds. The third-order valence-electron chi connectivity index (χ3n) is 13.6. The fraction of sp³-hybridized carbons (Fsp3) is 0.948. The lowest BCUT2D eigenvalue weighted by Crippen LogP contribution is -2.30. The van der Waals surface area contributed by atoms with E-state index in [-0.39, 0.29) is 31.1 Å². The van der Waals surface area contributed by atoms with E-state index in [1.165, 1.54) is 212 Å². The Kier molecular flexibility index (Phi) is 49.6. The highest BCUT2D eigenvalue weighted by Gasteiger charge is 2.19. The Morgan fingerprint density at radius 1 is 0.328 bits per heavy atom. The zero-order chi connectivity index (χ0) is 46.8. The van der Waals surface area contributed by atoms with Gasteiger partial charge in [0.15, 0.2) is 6.10 Å². The van der Waals surface area contributed by atoms with Crippen molar-refractivity contribution in [3.63, 3.8) is 0 Å². The first-order chi connectivity index (χ1) is 31.3. The van der Waals surface area contributed by atoms with Crippen LogP contribution in [0.1, 0.15) is 324 Å². The molecular weight excluding hydrogens is 793 g/mol. The van der Waals surface area contributed by atoms with Gasteiger partial charge in [-0.2, -0.15) is 0 Å². The topological polar surface area (TPSA) is 78.9 Å². The largest absolute Gasteiger partial charge is 0.462 e. The molecule has 0 aliphatic heterocycles. The van der Waals surface area contributed by atoms with Gasteiger partial charge in [0, 0.05) is 19.3 Å². The molecule has 64 heavy (non-hydrogen) atoms. The van der Waals surface area contributed by atoms with Crippen LogP contribution >= 0.6 is 0 Å². The minimum absolute atomic E-state index is 0.0634. The molecule has 0 N–H and O–H groups in total. The molecule has 6 nitrogen and oxygen atoms in total. The van der Waals surface area contributed by atoms with Crippen LogP contribution in [0, 0.1) is 11.8 Å². The maximum absolute atomic E-state index is 12.8. The van der Waals surface area contributed by atoms with Gasteiger partial charge in [0.05, 0.1) is 0 Å². The Balaban J connectivity index is 4.19. The molecule has 0 fully saturated rings. The molecule has 0 aromatic heterocycles. The Hall–Kier alpha value is -1.59. The number of hydrogen-bond acceptors (Lipinski definition) is 6. The highest BCUT2D eigenvalue weighted by atomic mass is 16.6. The number of esters is 3. The van der Waals surface area contributed by atoms with Crippen molar-refractivity contribution in [3.05, 3.63) is 0 Å². The van der Waals surface area contributed by atoms with E-state index in [1.807, 2.05) is 0 Å². The van der Waals surface area contributed by atoms with Crippen LogP contribution in [0.5, 0.6) is 0 Å². The first-order valence-electron chi connectivity index (χ1n) is 28.8. The molecule has 0 aliphatic carbocycles. The highest BCUT2D eigenvalue weighted by molar-refractivity contribution is 5.71. The predicted molar refractivity (Wildman–Crippen MR) is 275 cm³/mol. The van der Waals surface area contributed by atoms with Crippen molar-refractivity contribution >= 4 is 17.9 Å². The van der Waals surface area contributed by atoms with E-state index < -0.39 is 6.10 Å². The summed E-state index contributed by atoms with van der Waals surface area (Å²) in [5, 5.41) is 0. The molecule has 0 radical (unpaired) electrons. The van der Waals surface area contributed by atoms with Gasteiger partial charge in [-0.1, -0.05) is 285 Å². The Morgan fingerprint density at radius 3 is 0.891 bits per heavy atom. The Morgan fingerprint density at radius 2 is 0.594 bits per heavy atom. The van der Waals surface area contributed by atoms with Gasteiger partial charge in [-0.05, 0) is 31.1 Å². The summed E-state index contributed by atoms with van der Waals surface area (Å²) < 4.78 is 16.8. The SMILES string of the molecule is CCCCCCCCCCCCCCCCC(=O)O[C@H](COC(=O)CCCCCCCCCCCCCCCCCCCCC(C)CC)COC(=O)CCCCCCCCCC(C)C. The maximum Gasteiger partial charge on any atom is 0.306 e. The van der Waals surface area contributed by atoms with E-state index in [9.17, 15) is 14.4 Å². The molecule has 0 rings (SSSR count). The average molecular weight is 906 g/mol. The lowest BCUT2D eigenvalue weighted by atomic mass is 9.99. The molecule has 6 heteroatoms. The summed E-state index contributed by atoms with van der Waals surface area (Å²) in [5.41, 5.74) is 0. The van der Waals surface area contributed by atoms with Gasteiger partial charge in [-0.15, -0.1) is 0 Å². The maximum atomic E-state index is 12.8. The molecule has 0 saturated carbocycles. The summed E-state index contributed by atoms with van der Waals surface area (Å²) in [6.07, 6.45) is 53.9. The summed E-state index contributed by atoms with van der Waals surface area (Å²) in [5.74, 6) is 0.847. The highest BCUT2D eigenvalue weighted by Crippen LogP contribution is 2.18. The molecule has 0 aromatic rings. The van der Waals surface area contributed by atoms with Gasteiger partial charge < -0.3 is 14.2 Å². The van der Waals surface area contributed by atoms with Crippen molar-refractivity contribution in [1.82, 2.24) is 0 Å². The summed E-state index contributed by atoms with van der Waals surface area (Å²) in [6.45, 7) is 11.4. The third-order valence-corrected chi connectivity index (χ3v) is 13.6. The van der Waals surface area contributed by atoms with Crippen LogP contribution in [-0.4, -0.2) is 37.2 Å². The molecule has 0 bridgehead atoms. The quantitative estimate of drug-likeness (QED) is 0.0344. The monoisotopic (exact) mass is 905 g/mol. The number of hydrogen-bond donors (Lipinski definition) is 0. The normalized spacial score (nSPS) is 12.5. The van der Waals surface area contributed by atoms with Crippen molar-refractivity contribution < 1.29 is 28.6 Å². The van der Waals surface area contributed by atoms with E-state index in [4.69, 9.17) is 14.2 Å². The third kappa shape index (κ3) is 49.8. The molecule has 0 spiro atoms. The standard InChI is InChI=1S/C58H112O6/c1-6-8-9-10-11-12-13-14-22-26-29-34-40-45-50-58(61)64-55(52-63-57(60)49-44-39-35-30-31-36-41-46-53(3)4)51-62-56(59)48-43-38-33-28-25-23-20-18-16-15-17-19-21-24-27-32-37-42-47-54(5)7-2/h53-55H,6-52H2,1-5H3/t54?,55-/m1/s1. The van der Waals surface area contributed by atoms with Crippen LogP contribution in [0.2, 0.25) is 0 Å². The Labute approximate surface area is 399 Å². The number of ether oxygens (including phenoxy) is 3. The lowest BCUT2D eigenvalue weighted by molar-refractivity contribution is -0.167. The molecule has 0 aliphatic rings. The number of rotatable bonds is 52. The van der Waals surface area contributed by atoms with E-state index in [0.717, 1.165) is 69.6 Å². The molecule has 0 saturated heterocycles. The van der Waals surface area contributed by atoms with Gasteiger partial charge in [0.2, 0.25) is 0 Å². The van der Waals surface area contributed by atoms with Gasteiger partial charge >= 0.3 is 17.9 Å². The molecule has 0 aromatic carbocycles. The van der Waals surface area contributed by atoms with Crippen molar-refractivity contribution in [2.24, 2.45) is 11.8 Å². The first-order valence-corrected chi connectivity index (χ1v) is 28.8. The van der Waals surface area contributed by atoms with Crippen LogP contribution in [0.25, 0.3) is 0 Å².